The Bertz CT molecular complexity index is 2930. The quantitative estimate of drug-likeness (QED) is 0.0569. The number of H-pyrrole nitrogens is 1. The van der Waals surface area contributed by atoms with E-state index in [0.29, 0.717) is 49.3 Å². The molecule has 0 radical (unpaired) electrons. The molecule has 2 saturated carbocycles. The molecule has 72 heavy (non-hydrogen) atoms. The number of nitrogens with zero attached hydrogens (tertiary/aromatic N) is 4. The van der Waals surface area contributed by atoms with Crippen LogP contribution in [0.4, 0.5) is 17.1 Å². The Kier molecular flexibility index (Phi) is 13.7. The van der Waals surface area contributed by atoms with Gasteiger partial charge in [-0.3, -0.25) is 19.8 Å². The number of nitro groups is 1. The molecule has 5 aromatic rings. The standard InChI is InChI=1S/C54H67N7O10S/c1-33(2)40-9-6-7-10-41(40)44-11-8-22-60(44)38-29-54(30-38)19-23-59(24-20-54)37-12-13-42(46(26-37)71-48-25-36-16-21-55-50(36)57-52(48)70-31-34(3)68-5)51(62)58-72(66,67)39-27-45(61(64)65)49-47(28-39)69-32-43(56-49)35-14-17-53(4,63)18-15-35/h6-7,9-10,12-13,16,21,25-28,33-35,38,43-44,56,63H,8,11,14-15,17-20,22-24,29-32H2,1-5H3,(H,55,57)(H,58,62)/t34-,35?,43+,44+,53?/m0/s1. The molecule has 2 saturated heterocycles. The molecule has 1 spiro atoms. The van der Waals surface area contributed by atoms with Crippen LogP contribution in [0.1, 0.15) is 125 Å². The summed E-state index contributed by atoms with van der Waals surface area (Å²) in [5, 5.41) is 27.0. The molecule has 5 heterocycles. The Hall–Kier alpha value is -5.95. The molecule has 0 unspecified atom stereocenters. The normalized spacial score (nSPS) is 23.8. The molecule has 0 bridgehead atoms. The zero-order chi connectivity index (χ0) is 50.5. The number of aromatic nitrogens is 2. The van der Waals surface area contributed by atoms with Crippen LogP contribution in [0.2, 0.25) is 0 Å². The van der Waals surface area contributed by atoms with Gasteiger partial charge in [0.25, 0.3) is 27.5 Å². The Morgan fingerprint density at radius 2 is 1.76 bits per heavy atom. The maximum atomic E-state index is 14.4. The lowest BCUT2D eigenvalue weighted by molar-refractivity contribution is -0.384. The number of likely N-dealkylation sites (tertiary alicyclic amines) is 1. The molecule has 3 aliphatic heterocycles. The largest absolute Gasteiger partial charge is 0.489 e. The number of rotatable bonds is 15. The molecule has 17 nitrogen and oxygen atoms in total. The fourth-order valence-corrected chi connectivity index (χ4v) is 12.9. The number of fused-ring (bicyclic) bond motifs is 2. The Labute approximate surface area is 421 Å². The zero-order valence-electron chi connectivity index (χ0n) is 41.8. The number of carbonyl (C=O) groups excluding carboxylic acids is 1. The number of pyridine rings is 1. The highest BCUT2D eigenvalue weighted by Crippen LogP contribution is 2.54. The number of nitro benzene ring substituents is 1. The molecule has 10 rings (SSSR count). The van der Waals surface area contributed by atoms with Crippen molar-refractivity contribution in [1.82, 2.24) is 19.6 Å². The molecule has 18 heteroatoms. The molecular weight excluding hydrogens is 939 g/mol. The second-order valence-corrected chi connectivity index (χ2v) is 23.2. The summed E-state index contributed by atoms with van der Waals surface area (Å²) in [7, 11) is -3.15. The van der Waals surface area contributed by atoms with Crippen LogP contribution in [0.15, 0.2) is 77.8 Å². The minimum Gasteiger partial charge on any atom is -0.489 e. The number of hydrogen-bond donors (Lipinski definition) is 4. The first-order valence-corrected chi connectivity index (χ1v) is 27.0. The number of nitrogens with one attached hydrogen (secondary N) is 3. The predicted octanol–water partition coefficient (Wildman–Crippen LogP) is 9.62. The minimum atomic E-state index is -4.72. The third-order valence-corrected chi connectivity index (χ3v) is 17.5. The van der Waals surface area contributed by atoms with Gasteiger partial charge in [0.1, 0.15) is 24.6 Å². The maximum absolute atomic E-state index is 14.4. The van der Waals surface area contributed by atoms with Gasteiger partial charge >= 0.3 is 0 Å². The van der Waals surface area contributed by atoms with Gasteiger partial charge in [-0.25, -0.2) is 13.1 Å². The summed E-state index contributed by atoms with van der Waals surface area (Å²) >= 11 is 0. The summed E-state index contributed by atoms with van der Waals surface area (Å²) in [4.78, 5) is 38.5. The van der Waals surface area contributed by atoms with Crippen molar-refractivity contribution in [3.05, 3.63) is 99.7 Å². The van der Waals surface area contributed by atoms with Gasteiger partial charge in [0.2, 0.25) is 0 Å². The van der Waals surface area contributed by atoms with E-state index in [1.165, 1.54) is 42.9 Å². The van der Waals surface area contributed by atoms with Gasteiger partial charge in [-0.05, 0) is 137 Å². The van der Waals surface area contributed by atoms with Gasteiger partial charge < -0.3 is 39.3 Å². The second kappa shape index (κ2) is 19.8. The molecule has 3 aromatic carbocycles. The number of aliphatic hydroxyl groups is 1. The van der Waals surface area contributed by atoms with E-state index in [9.17, 15) is 28.4 Å². The Balaban J connectivity index is 0.894. The van der Waals surface area contributed by atoms with Gasteiger partial charge in [0, 0.05) is 67.8 Å². The number of carbonyl (C=O) groups is 1. The number of methoxy groups -OCH3 is 1. The van der Waals surface area contributed by atoms with Gasteiger partial charge in [0.05, 0.1) is 33.1 Å². The van der Waals surface area contributed by atoms with E-state index in [1.54, 1.807) is 44.5 Å². The molecular formula is C54H67N7O10S. The van der Waals surface area contributed by atoms with E-state index in [0.717, 1.165) is 49.6 Å². The topological polar surface area (TPSA) is 211 Å². The van der Waals surface area contributed by atoms with Crippen LogP contribution in [0.25, 0.3) is 11.0 Å². The molecule has 384 valence electrons. The number of benzene rings is 3. The minimum absolute atomic E-state index is 0.0131. The van der Waals surface area contributed by atoms with E-state index in [2.05, 4.69) is 67.9 Å². The van der Waals surface area contributed by atoms with Gasteiger partial charge in [-0.1, -0.05) is 38.1 Å². The van der Waals surface area contributed by atoms with Crippen molar-refractivity contribution < 1.29 is 42.2 Å². The molecule has 4 N–H and O–H groups in total. The summed E-state index contributed by atoms with van der Waals surface area (Å²) < 4.78 is 54.6. The van der Waals surface area contributed by atoms with E-state index in [4.69, 9.17) is 18.9 Å². The van der Waals surface area contributed by atoms with Crippen LogP contribution in [-0.4, -0.2) is 103 Å². The van der Waals surface area contributed by atoms with Crippen LogP contribution in [0.3, 0.4) is 0 Å². The summed E-state index contributed by atoms with van der Waals surface area (Å²) in [5.74, 6) is -0.0601. The number of anilines is 2. The zero-order valence-corrected chi connectivity index (χ0v) is 42.6. The highest BCUT2D eigenvalue weighted by molar-refractivity contribution is 7.90. The van der Waals surface area contributed by atoms with Crippen LogP contribution < -0.4 is 29.1 Å². The van der Waals surface area contributed by atoms with Gasteiger partial charge in [-0.15, -0.1) is 0 Å². The third-order valence-electron chi connectivity index (χ3n) is 16.2. The molecule has 3 atom stereocenters. The number of amides is 1. The van der Waals surface area contributed by atoms with Crippen molar-refractivity contribution >= 4 is 44.0 Å². The van der Waals surface area contributed by atoms with Gasteiger partial charge in [0.15, 0.2) is 17.2 Å². The van der Waals surface area contributed by atoms with Crippen molar-refractivity contribution in [2.45, 2.75) is 133 Å². The Morgan fingerprint density at radius 3 is 2.50 bits per heavy atom. The monoisotopic (exact) mass is 1010 g/mol. The smallest absolute Gasteiger partial charge is 0.297 e. The number of piperidine rings is 1. The summed E-state index contributed by atoms with van der Waals surface area (Å²) in [6.07, 6.45) is 10.8. The fourth-order valence-electron chi connectivity index (χ4n) is 11.9. The van der Waals surface area contributed by atoms with Crippen molar-refractivity contribution in [3.63, 3.8) is 0 Å². The van der Waals surface area contributed by atoms with Crippen molar-refractivity contribution in [3.8, 4) is 23.1 Å². The first-order chi connectivity index (χ1) is 34.5. The summed E-state index contributed by atoms with van der Waals surface area (Å²) in [6, 6.07) is 20.5. The second-order valence-electron chi connectivity index (χ2n) is 21.5. The average molecular weight is 1010 g/mol. The van der Waals surface area contributed by atoms with Crippen molar-refractivity contribution in [1.29, 1.82) is 0 Å². The number of sulfonamides is 1. The lowest BCUT2D eigenvalue weighted by atomic mass is 9.59. The molecule has 2 aromatic heterocycles. The SMILES string of the molecule is CO[C@@H](C)COc1nc2[nH]ccc2cc1Oc1cc(N2CCC3(CC2)CC(N2CCC[C@@H]2c2ccccc2C(C)C)C3)ccc1C(=O)NS(=O)(=O)c1cc2c(c([N+](=O)[O-])c1)N[C@@H](C1CCC(C)(O)CC1)CO2. The van der Waals surface area contributed by atoms with Gasteiger partial charge in [-0.2, -0.15) is 4.98 Å². The van der Waals surface area contributed by atoms with Crippen LogP contribution in [-0.2, 0) is 14.8 Å². The Morgan fingerprint density at radius 1 is 1.00 bits per heavy atom. The lowest BCUT2D eigenvalue weighted by Gasteiger charge is -2.56. The van der Waals surface area contributed by atoms with E-state index in [1.807, 2.05) is 13.0 Å². The maximum Gasteiger partial charge on any atom is 0.297 e. The van der Waals surface area contributed by atoms with Crippen molar-refractivity contribution in [2.75, 3.05) is 50.2 Å². The highest BCUT2D eigenvalue weighted by atomic mass is 32.2. The molecule has 1 amide bonds. The predicted molar refractivity (Wildman–Crippen MR) is 274 cm³/mol. The number of ether oxygens (including phenoxy) is 4. The van der Waals surface area contributed by atoms with Crippen LogP contribution in [0, 0.1) is 21.4 Å². The van der Waals surface area contributed by atoms with E-state index in [-0.39, 0.29) is 71.1 Å². The van der Waals surface area contributed by atoms with E-state index < -0.39 is 37.0 Å². The highest BCUT2D eigenvalue weighted by Gasteiger charge is 2.50. The summed E-state index contributed by atoms with van der Waals surface area (Å²) in [5.41, 5.74) is 3.26. The molecule has 2 aliphatic carbocycles. The van der Waals surface area contributed by atoms with Crippen LogP contribution >= 0.6 is 0 Å². The third kappa shape index (κ3) is 10.1. The number of hydrogen-bond acceptors (Lipinski definition) is 14. The van der Waals surface area contributed by atoms with Crippen LogP contribution in [0.5, 0.6) is 23.1 Å². The van der Waals surface area contributed by atoms with Crippen molar-refractivity contribution in [2.24, 2.45) is 11.3 Å². The first kappa shape index (κ1) is 49.6. The van der Waals surface area contributed by atoms with E-state index >= 15 is 0 Å². The first-order valence-electron chi connectivity index (χ1n) is 25.6. The summed E-state index contributed by atoms with van der Waals surface area (Å²) in [6.45, 7) is 11.2. The fraction of sp³-hybridized carbons (Fsp3) is 0.519. The lowest BCUT2D eigenvalue weighted by Crippen LogP contribution is -2.54. The molecule has 5 aliphatic rings. The average Bonchev–Trinajstić information content (AvgIpc) is 4.04. The molecule has 4 fully saturated rings. The number of aromatic amines is 1.